The van der Waals surface area contributed by atoms with E-state index in [-0.39, 0.29) is 0 Å². The van der Waals surface area contributed by atoms with Crippen molar-refractivity contribution in [1.29, 1.82) is 0 Å². The van der Waals surface area contributed by atoms with Crippen molar-refractivity contribution >= 4 is 16.9 Å². The van der Waals surface area contributed by atoms with E-state index in [4.69, 9.17) is 0 Å². The van der Waals surface area contributed by atoms with Crippen LogP contribution in [0.5, 0.6) is 0 Å². The summed E-state index contributed by atoms with van der Waals surface area (Å²) in [4.78, 5) is 11.2. The predicted molar refractivity (Wildman–Crippen MR) is 53.3 cm³/mol. The van der Waals surface area contributed by atoms with E-state index in [2.05, 4.69) is 5.32 Å². The third kappa shape index (κ3) is 3.59. The van der Waals surface area contributed by atoms with Gasteiger partial charge in [0, 0.05) is 6.42 Å². The van der Waals surface area contributed by atoms with Gasteiger partial charge in [0.25, 0.3) is 0 Å². The van der Waals surface area contributed by atoms with Gasteiger partial charge in [-0.3, -0.25) is 4.79 Å². The fourth-order valence-corrected chi connectivity index (χ4v) is 2.23. The molecule has 1 fully saturated rings. The highest BCUT2D eigenvalue weighted by Gasteiger charge is 2.16. The molecule has 3 heteroatoms. The molecule has 0 spiro atoms. The molecule has 0 aromatic rings. The first-order valence-electron chi connectivity index (χ1n) is 4.69. The molecule has 1 saturated heterocycles. The van der Waals surface area contributed by atoms with Gasteiger partial charge in [-0.1, -0.05) is 18.7 Å². The summed E-state index contributed by atoms with van der Waals surface area (Å²) in [6, 6.07) is 0. The Morgan fingerprint density at radius 3 is 3.08 bits per heavy atom. The van der Waals surface area contributed by atoms with Crippen LogP contribution in [0.3, 0.4) is 0 Å². The molecule has 1 aliphatic heterocycles. The third-order valence-electron chi connectivity index (χ3n) is 2.16. The van der Waals surface area contributed by atoms with Gasteiger partial charge >= 0.3 is 0 Å². The van der Waals surface area contributed by atoms with Crippen LogP contribution in [0.2, 0.25) is 0 Å². The maximum Gasteiger partial charge on any atom is 0.189 e. The molecule has 70 valence electrons. The second-order valence-electron chi connectivity index (χ2n) is 3.22. The van der Waals surface area contributed by atoms with Crippen LogP contribution in [-0.2, 0) is 4.79 Å². The molecule has 0 aromatic carbocycles. The average molecular weight is 187 g/mol. The van der Waals surface area contributed by atoms with Crippen LogP contribution < -0.4 is 5.32 Å². The molecule has 0 bridgehead atoms. The molecular weight excluding hydrogens is 170 g/mol. The highest BCUT2D eigenvalue weighted by molar-refractivity contribution is 8.13. The van der Waals surface area contributed by atoms with E-state index >= 15 is 0 Å². The topological polar surface area (TPSA) is 29.1 Å². The molecule has 1 aliphatic rings. The van der Waals surface area contributed by atoms with Crippen molar-refractivity contribution in [1.82, 2.24) is 5.32 Å². The lowest BCUT2D eigenvalue weighted by atomic mass is 9.97. The van der Waals surface area contributed by atoms with E-state index in [1.807, 2.05) is 6.92 Å². The molecule has 1 unspecified atom stereocenters. The predicted octanol–water partition coefficient (Wildman–Crippen LogP) is 1.66. The molecule has 2 nitrogen and oxygen atoms in total. The minimum Gasteiger partial charge on any atom is -0.316 e. The Labute approximate surface area is 78.5 Å². The summed E-state index contributed by atoms with van der Waals surface area (Å²) in [5.74, 6) is 1.52. The molecule has 12 heavy (non-hydrogen) atoms. The van der Waals surface area contributed by atoms with E-state index < -0.39 is 0 Å². The molecule has 1 N–H and O–H groups in total. The van der Waals surface area contributed by atoms with Crippen molar-refractivity contribution in [3.05, 3.63) is 0 Å². The fraction of sp³-hybridized carbons (Fsp3) is 0.889. The Kier molecular flexibility index (Phi) is 4.69. The van der Waals surface area contributed by atoms with E-state index in [9.17, 15) is 4.79 Å². The van der Waals surface area contributed by atoms with Gasteiger partial charge in [0.2, 0.25) is 0 Å². The lowest BCUT2D eigenvalue weighted by Crippen LogP contribution is -2.30. The first kappa shape index (κ1) is 10.1. The second kappa shape index (κ2) is 5.60. The standard InChI is InChI=1S/C9H17NOS/c1-2-12-9(11)6-8-4-3-5-10-7-8/h8,10H,2-7H2,1H3. The number of hydrogen-bond donors (Lipinski definition) is 1. The van der Waals surface area contributed by atoms with Crippen molar-refractivity contribution in [2.24, 2.45) is 5.92 Å². The number of carbonyl (C=O) groups excluding carboxylic acids is 1. The fourth-order valence-electron chi connectivity index (χ4n) is 1.55. The molecule has 0 saturated carbocycles. The summed E-state index contributed by atoms with van der Waals surface area (Å²) in [6.45, 7) is 4.20. The monoisotopic (exact) mass is 187 g/mol. The number of rotatable bonds is 3. The number of carbonyl (C=O) groups is 1. The minimum absolute atomic E-state index is 0.367. The Balaban J connectivity index is 2.15. The Hall–Kier alpha value is -0.0200. The van der Waals surface area contributed by atoms with Crippen LogP contribution in [0.25, 0.3) is 0 Å². The third-order valence-corrected chi connectivity index (χ3v) is 2.94. The lowest BCUT2D eigenvalue weighted by Gasteiger charge is -2.21. The van der Waals surface area contributed by atoms with Gasteiger partial charge < -0.3 is 5.32 Å². The summed E-state index contributed by atoms with van der Waals surface area (Å²) in [5.41, 5.74) is 0. The first-order valence-corrected chi connectivity index (χ1v) is 5.68. The molecule has 1 heterocycles. The maximum atomic E-state index is 11.2. The van der Waals surface area contributed by atoms with Crippen LogP contribution in [0, 0.1) is 5.92 Å². The summed E-state index contributed by atoms with van der Waals surface area (Å²) < 4.78 is 0. The summed E-state index contributed by atoms with van der Waals surface area (Å²) in [7, 11) is 0. The highest BCUT2D eigenvalue weighted by Crippen LogP contribution is 2.17. The van der Waals surface area contributed by atoms with Gasteiger partial charge in [-0.05, 0) is 37.6 Å². The molecular formula is C9H17NOS. The van der Waals surface area contributed by atoms with Gasteiger partial charge in [0.1, 0.15) is 0 Å². The molecule has 0 radical (unpaired) electrons. The van der Waals surface area contributed by atoms with Gasteiger partial charge in [-0.15, -0.1) is 0 Å². The van der Waals surface area contributed by atoms with Crippen molar-refractivity contribution in [3.63, 3.8) is 0 Å². The number of hydrogen-bond acceptors (Lipinski definition) is 3. The minimum atomic E-state index is 0.367. The Bertz CT molecular complexity index is 143. The maximum absolute atomic E-state index is 11.2. The van der Waals surface area contributed by atoms with Crippen LogP contribution in [-0.4, -0.2) is 24.0 Å². The summed E-state index contributed by atoms with van der Waals surface area (Å²) in [6.07, 6.45) is 3.23. The second-order valence-corrected chi connectivity index (χ2v) is 4.54. The number of piperidine rings is 1. The Morgan fingerprint density at radius 1 is 1.67 bits per heavy atom. The van der Waals surface area contributed by atoms with Gasteiger partial charge in [-0.25, -0.2) is 0 Å². The molecule has 0 aliphatic carbocycles. The van der Waals surface area contributed by atoms with E-state index in [1.54, 1.807) is 0 Å². The summed E-state index contributed by atoms with van der Waals surface area (Å²) >= 11 is 1.46. The molecule has 0 amide bonds. The van der Waals surface area contributed by atoms with Gasteiger partial charge in [-0.2, -0.15) is 0 Å². The van der Waals surface area contributed by atoms with Crippen LogP contribution in [0.15, 0.2) is 0 Å². The van der Waals surface area contributed by atoms with Crippen molar-refractivity contribution in [2.45, 2.75) is 26.2 Å². The van der Waals surface area contributed by atoms with Crippen LogP contribution in [0.1, 0.15) is 26.2 Å². The number of nitrogens with one attached hydrogen (secondary N) is 1. The van der Waals surface area contributed by atoms with Crippen molar-refractivity contribution in [3.8, 4) is 0 Å². The first-order chi connectivity index (χ1) is 5.83. The largest absolute Gasteiger partial charge is 0.316 e. The van der Waals surface area contributed by atoms with Crippen LogP contribution in [0.4, 0.5) is 0 Å². The van der Waals surface area contributed by atoms with E-state index in [0.717, 1.165) is 25.3 Å². The molecule has 1 atom stereocenters. The zero-order valence-corrected chi connectivity index (χ0v) is 8.45. The van der Waals surface area contributed by atoms with Crippen molar-refractivity contribution < 1.29 is 4.79 Å². The molecule has 0 aromatic heterocycles. The Morgan fingerprint density at radius 2 is 2.50 bits per heavy atom. The lowest BCUT2D eigenvalue weighted by molar-refractivity contribution is -0.111. The smallest absolute Gasteiger partial charge is 0.189 e. The molecule has 1 rings (SSSR count). The zero-order valence-electron chi connectivity index (χ0n) is 7.64. The van der Waals surface area contributed by atoms with Gasteiger partial charge in [0.05, 0.1) is 0 Å². The summed E-state index contributed by atoms with van der Waals surface area (Å²) in [5, 5.41) is 3.69. The van der Waals surface area contributed by atoms with E-state index in [1.165, 1.54) is 24.6 Å². The van der Waals surface area contributed by atoms with Crippen LogP contribution >= 0.6 is 11.8 Å². The normalized spacial score (nSPS) is 23.9. The van der Waals surface area contributed by atoms with Gasteiger partial charge in [0.15, 0.2) is 5.12 Å². The average Bonchev–Trinajstić information content (AvgIpc) is 2.06. The quantitative estimate of drug-likeness (QED) is 0.728. The highest BCUT2D eigenvalue weighted by atomic mass is 32.2. The zero-order chi connectivity index (χ0) is 8.81. The van der Waals surface area contributed by atoms with E-state index in [0.29, 0.717) is 11.0 Å². The SMILES string of the molecule is CCSC(=O)CC1CCCNC1. The number of thioether (sulfide) groups is 1. The van der Waals surface area contributed by atoms with Crippen molar-refractivity contribution in [2.75, 3.05) is 18.8 Å².